The molecule has 0 aromatic heterocycles. The van der Waals surface area contributed by atoms with E-state index >= 15 is 0 Å². The van der Waals surface area contributed by atoms with Crippen molar-refractivity contribution in [3.63, 3.8) is 0 Å². The van der Waals surface area contributed by atoms with Crippen molar-refractivity contribution < 1.29 is 9.53 Å². The first-order valence-electron chi connectivity index (χ1n) is 5.54. The molecule has 1 atom stereocenters. The second kappa shape index (κ2) is 3.45. The van der Waals surface area contributed by atoms with E-state index in [9.17, 15) is 4.79 Å². The van der Waals surface area contributed by atoms with Gasteiger partial charge in [-0.3, -0.25) is 4.79 Å². The van der Waals surface area contributed by atoms with Crippen molar-refractivity contribution in [2.45, 2.75) is 0 Å². The van der Waals surface area contributed by atoms with Crippen molar-refractivity contribution >= 4 is 5.97 Å². The maximum atomic E-state index is 12.1. The number of allylic oxidation sites excluding steroid dienone is 9. The van der Waals surface area contributed by atoms with E-state index in [0.29, 0.717) is 0 Å². The molecule has 3 aliphatic carbocycles. The predicted octanol–water partition coefficient (Wildman–Crippen LogP) is 2.63. The van der Waals surface area contributed by atoms with E-state index in [0.717, 1.165) is 16.7 Å². The molecule has 2 heteroatoms. The SMILES string of the molecule is COC(=O)C12C=CC=CC1=CC1=CC=CC1=C2. The lowest BCUT2D eigenvalue weighted by Crippen LogP contribution is -2.33. The van der Waals surface area contributed by atoms with E-state index in [4.69, 9.17) is 4.74 Å². The predicted molar refractivity (Wildman–Crippen MR) is 66.1 cm³/mol. The molecular formula is C15H12O2. The fraction of sp³-hybridized carbons (Fsp3) is 0.133. The molecule has 2 nitrogen and oxygen atoms in total. The van der Waals surface area contributed by atoms with Gasteiger partial charge in [-0.2, -0.15) is 0 Å². The van der Waals surface area contributed by atoms with Gasteiger partial charge in [-0.1, -0.05) is 48.6 Å². The van der Waals surface area contributed by atoms with Crippen LogP contribution < -0.4 is 0 Å². The molecule has 0 N–H and O–H groups in total. The zero-order valence-corrected chi connectivity index (χ0v) is 9.51. The van der Waals surface area contributed by atoms with Crippen LogP contribution in [0.5, 0.6) is 0 Å². The molecule has 17 heavy (non-hydrogen) atoms. The van der Waals surface area contributed by atoms with Gasteiger partial charge in [-0.25, -0.2) is 0 Å². The Balaban J connectivity index is 2.19. The first kappa shape index (κ1) is 10.1. The van der Waals surface area contributed by atoms with Gasteiger partial charge in [0.1, 0.15) is 5.41 Å². The van der Waals surface area contributed by atoms with E-state index in [1.54, 1.807) is 0 Å². The van der Waals surface area contributed by atoms with Gasteiger partial charge in [-0.05, 0) is 22.8 Å². The highest BCUT2D eigenvalue weighted by Gasteiger charge is 2.41. The van der Waals surface area contributed by atoms with Gasteiger partial charge < -0.3 is 4.74 Å². The number of carbonyl (C=O) groups excluding carboxylic acids is 1. The normalized spacial score (nSPS) is 27.9. The molecule has 0 amide bonds. The Morgan fingerprint density at radius 3 is 2.88 bits per heavy atom. The van der Waals surface area contributed by atoms with Crippen molar-refractivity contribution in [2.24, 2.45) is 5.41 Å². The van der Waals surface area contributed by atoms with Gasteiger partial charge in [0.15, 0.2) is 0 Å². The highest BCUT2D eigenvalue weighted by Crippen LogP contribution is 2.43. The fourth-order valence-electron chi connectivity index (χ4n) is 2.44. The molecule has 0 fully saturated rings. The van der Waals surface area contributed by atoms with E-state index < -0.39 is 5.41 Å². The fourth-order valence-corrected chi connectivity index (χ4v) is 2.44. The maximum absolute atomic E-state index is 12.1. The minimum absolute atomic E-state index is 0.240. The molecule has 3 rings (SSSR count). The Labute approximate surface area is 100.0 Å². The van der Waals surface area contributed by atoms with E-state index in [1.807, 2.05) is 54.7 Å². The Kier molecular flexibility index (Phi) is 2.05. The molecule has 0 aliphatic heterocycles. The Hall–Kier alpha value is -2.09. The summed E-state index contributed by atoms with van der Waals surface area (Å²) in [5, 5.41) is 0. The number of rotatable bonds is 1. The summed E-state index contributed by atoms with van der Waals surface area (Å²) in [5.41, 5.74) is 2.45. The largest absolute Gasteiger partial charge is 0.468 e. The van der Waals surface area contributed by atoms with Crippen LogP contribution in [0.25, 0.3) is 0 Å². The summed E-state index contributed by atoms with van der Waals surface area (Å²) < 4.78 is 4.95. The third kappa shape index (κ3) is 1.30. The molecule has 0 saturated carbocycles. The van der Waals surface area contributed by atoms with Crippen LogP contribution >= 0.6 is 0 Å². The molecule has 0 aromatic carbocycles. The van der Waals surface area contributed by atoms with Crippen molar-refractivity contribution in [2.75, 3.05) is 7.11 Å². The maximum Gasteiger partial charge on any atom is 0.324 e. The van der Waals surface area contributed by atoms with Crippen LogP contribution in [0, 0.1) is 5.41 Å². The topological polar surface area (TPSA) is 26.3 Å². The number of carbonyl (C=O) groups is 1. The average Bonchev–Trinajstić information content (AvgIpc) is 2.81. The van der Waals surface area contributed by atoms with Crippen molar-refractivity contribution in [1.82, 2.24) is 0 Å². The van der Waals surface area contributed by atoms with Gasteiger partial charge in [0.05, 0.1) is 7.11 Å². The molecule has 0 saturated heterocycles. The van der Waals surface area contributed by atoms with Gasteiger partial charge >= 0.3 is 5.97 Å². The van der Waals surface area contributed by atoms with Gasteiger partial charge in [-0.15, -0.1) is 0 Å². The summed E-state index contributed by atoms with van der Waals surface area (Å²) in [6.45, 7) is 0. The number of esters is 1. The zero-order valence-electron chi connectivity index (χ0n) is 9.51. The molecule has 0 radical (unpaired) electrons. The van der Waals surface area contributed by atoms with E-state index in [-0.39, 0.29) is 5.97 Å². The van der Waals surface area contributed by atoms with Crippen molar-refractivity contribution in [3.05, 3.63) is 71.4 Å². The van der Waals surface area contributed by atoms with Crippen LogP contribution in [-0.4, -0.2) is 13.1 Å². The highest BCUT2D eigenvalue weighted by molar-refractivity contribution is 5.89. The lowest BCUT2D eigenvalue weighted by Gasteiger charge is -2.31. The second-order valence-electron chi connectivity index (χ2n) is 4.26. The molecule has 0 heterocycles. The monoisotopic (exact) mass is 224 g/mol. The standard InChI is InChI=1S/C15H12O2/c1-17-14(16)15-8-3-2-7-13(15)9-11-5-4-6-12(11)10-15/h2-10H,1H3. The Morgan fingerprint density at radius 1 is 1.18 bits per heavy atom. The molecular weight excluding hydrogens is 212 g/mol. The van der Waals surface area contributed by atoms with Crippen LogP contribution in [0.15, 0.2) is 71.4 Å². The lowest BCUT2D eigenvalue weighted by atomic mass is 9.72. The smallest absolute Gasteiger partial charge is 0.324 e. The van der Waals surface area contributed by atoms with Crippen LogP contribution in [0.4, 0.5) is 0 Å². The van der Waals surface area contributed by atoms with Crippen LogP contribution in [0.1, 0.15) is 0 Å². The minimum Gasteiger partial charge on any atom is -0.468 e. The molecule has 0 bridgehead atoms. The van der Waals surface area contributed by atoms with E-state index in [1.165, 1.54) is 7.11 Å². The number of fused-ring (bicyclic) bond motifs is 2. The quantitative estimate of drug-likeness (QED) is 0.640. The Bertz CT molecular complexity index is 568. The molecule has 0 spiro atoms. The molecule has 84 valence electrons. The first-order valence-corrected chi connectivity index (χ1v) is 5.54. The lowest BCUT2D eigenvalue weighted by molar-refractivity contribution is -0.145. The van der Waals surface area contributed by atoms with Gasteiger partial charge in [0.25, 0.3) is 0 Å². The number of ether oxygens (including phenoxy) is 1. The zero-order chi connectivity index (χ0) is 11.9. The van der Waals surface area contributed by atoms with Crippen molar-refractivity contribution in [3.8, 4) is 0 Å². The molecule has 3 aliphatic rings. The first-order chi connectivity index (χ1) is 8.26. The molecule has 1 unspecified atom stereocenters. The average molecular weight is 224 g/mol. The summed E-state index contributed by atoms with van der Waals surface area (Å²) in [6, 6.07) is 0. The third-order valence-electron chi connectivity index (χ3n) is 3.33. The van der Waals surface area contributed by atoms with Crippen molar-refractivity contribution in [1.29, 1.82) is 0 Å². The minimum atomic E-state index is -0.745. The third-order valence-corrected chi connectivity index (χ3v) is 3.33. The summed E-state index contributed by atoms with van der Waals surface area (Å²) in [5.74, 6) is -0.240. The summed E-state index contributed by atoms with van der Waals surface area (Å²) in [6.07, 6.45) is 17.8. The number of hydrogen-bond acceptors (Lipinski definition) is 2. The van der Waals surface area contributed by atoms with Crippen LogP contribution in [0.3, 0.4) is 0 Å². The number of hydrogen-bond donors (Lipinski definition) is 0. The summed E-state index contributed by atoms with van der Waals surface area (Å²) >= 11 is 0. The summed E-state index contributed by atoms with van der Waals surface area (Å²) in [4.78, 5) is 12.1. The number of methoxy groups -OCH3 is 1. The highest BCUT2D eigenvalue weighted by atomic mass is 16.5. The molecule has 0 aromatic rings. The van der Waals surface area contributed by atoms with Gasteiger partial charge in [0, 0.05) is 0 Å². The summed E-state index contributed by atoms with van der Waals surface area (Å²) in [7, 11) is 1.43. The Morgan fingerprint density at radius 2 is 2.06 bits per heavy atom. The van der Waals surface area contributed by atoms with E-state index in [2.05, 4.69) is 0 Å². The van der Waals surface area contributed by atoms with Gasteiger partial charge in [0.2, 0.25) is 0 Å². The second-order valence-corrected chi connectivity index (χ2v) is 4.26. The van der Waals surface area contributed by atoms with Crippen LogP contribution in [-0.2, 0) is 9.53 Å². The van der Waals surface area contributed by atoms with Crippen LogP contribution in [0.2, 0.25) is 0 Å².